The number of hydrogen-bond acceptors (Lipinski definition) is 4. The Morgan fingerprint density at radius 3 is 3.15 bits per heavy atom. The number of ether oxygens (including phenoxy) is 2. The third-order valence-corrected chi connectivity index (χ3v) is 3.99. The second-order valence-electron chi connectivity index (χ2n) is 4.95. The topological polar surface area (TPSA) is 47.6 Å². The molecule has 1 heterocycles. The van der Waals surface area contributed by atoms with E-state index in [4.69, 9.17) is 21.1 Å². The summed E-state index contributed by atoms with van der Waals surface area (Å²) in [7, 11) is 0. The smallest absolute Gasteiger partial charge is 0.435 e. The average Bonchev–Trinajstić information content (AvgIpc) is 2.89. The van der Waals surface area contributed by atoms with Crippen LogP contribution < -0.4 is 5.32 Å². The molecule has 5 heteroatoms. The minimum Gasteiger partial charge on any atom is -0.435 e. The van der Waals surface area contributed by atoms with Crippen molar-refractivity contribution in [1.82, 2.24) is 0 Å². The fourth-order valence-electron chi connectivity index (χ4n) is 2.89. The Morgan fingerprint density at radius 2 is 2.35 bits per heavy atom. The molecule has 1 aromatic rings. The van der Waals surface area contributed by atoms with Crippen LogP contribution in [0, 0.1) is 5.92 Å². The third kappa shape index (κ3) is 2.36. The van der Waals surface area contributed by atoms with Crippen molar-refractivity contribution in [3.63, 3.8) is 0 Å². The number of hydrogen-bond donors (Lipinski definition) is 1. The highest BCUT2D eigenvalue weighted by atomic mass is 35.5. The third-order valence-electron chi connectivity index (χ3n) is 3.76. The molecule has 1 N–H and O–H groups in total. The summed E-state index contributed by atoms with van der Waals surface area (Å²) >= 11 is 6.07. The molecule has 0 fully saturated rings. The largest absolute Gasteiger partial charge is 0.510 e. The van der Waals surface area contributed by atoms with Gasteiger partial charge in [-0.25, -0.2) is 4.79 Å². The molecule has 0 spiro atoms. The molecular weight excluding hydrogens is 278 g/mol. The van der Waals surface area contributed by atoms with Gasteiger partial charge in [0.05, 0.1) is 6.61 Å². The zero-order valence-electron chi connectivity index (χ0n) is 11.1. The molecule has 3 rings (SSSR count). The lowest BCUT2D eigenvalue weighted by Crippen LogP contribution is -2.39. The molecule has 2 aliphatic rings. The van der Waals surface area contributed by atoms with Crippen LogP contribution in [0.3, 0.4) is 0 Å². The summed E-state index contributed by atoms with van der Waals surface area (Å²) in [6.45, 7) is 2.07. The number of benzene rings is 1. The number of fused-ring (bicyclic) bond motifs is 3. The molecule has 0 bridgehead atoms. The molecule has 1 aromatic carbocycles. The maximum absolute atomic E-state index is 11.5. The van der Waals surface area contributed by atoms with Gasteiger partial charge >= 0.3 is 6.16 Å². The summed E-state index contributed by atoms with van der Waals surface area (Å²) in [5.41, 5.74) is 2.11. The number of carbonyl (C=O) groups is 1. The number of allylic oxidation sites excluding steroid dienone is 2. The van der Waals surface area contributed by atoms with E-state index < -0.39 is 6.16 Å². The highest BCUT2D eigenvalue weighted by Gasteiger charge is 2.39. The van der Waals surface area contributed by atoms with E-state index in [0.29, 0.717) is 6.61 Å². The minimum absolute atomic E-state index is 0.186. The molecule has 3 atom stereocenters. The van der Waals surface area contributed by atoms with Crippen molar-refractivity contribution in [2.24, 2.45) is 5.92 Å². The van der Waals surface area contributed by atoms with Gasteiger partial charge < -0.3 is 14.8 Å². The molecular formula is C15H16ClNO3. The highest BCUT2D eigenvalue weighted by Crippen LogP contribution is 2.45. The molecule has 1 aliphatic heterocycles. The summed E-state index contributed by atoms with van der Waals surface area (Å²) < 4.78 is 10.2. The Hall–Kier alpha value is -1.68. The van der Waals surface area contributed by atoms with E-state index >= 15 is 0 Å². The lowest BCUT2D eigenvalue weighted by molar-refractivity contribution is 0.0128. The Bertz CT molecular complexity index is 558. The first kappa shape index (κ1) is 13.3. The van der Waals surface area contributed by atoms with Crippen molar-refractivity contribution in [2.45, 2.75) is 25.5 Å². The average molecular weight is 294 g/mol. The lowest BCUT2D eigenvalue weighted by atomic mass is 9.83. The van der Waals surface area contributed by atoms with E-state index in [1.165, 1.54) is 0 Å². The molecule has 20 heavy (non-hydrogen) atoms. The van der Waals surface area contributed by atoms with Crippen molar-refractivity contribution in [1.29, 1.82) is 0 Å². The predicted molar refractivity (Wildman–Crippen MR) is 77.0 cm³/mol. The van der Waals surface area contributed by atoms with Crippen LogP contribution in [0.5, 0.6) is 0 Å². The predicted octanol–water partition coefficient (Wildman–Crippen LogP) is 3.92. The fraction of sp³-hybridized carbons (Fsp3) is 0.400. The Kier molecular flexibility index (Phi) is 3.57. The van der Waals surface area contributed by atoms with Gasteiger partial charge in [-0.15, -0.1) is 0 Å². The van der Waals surface area contributed by atoms with Crippen molar-refractivity contribution < 1.29 is 14.3 Å². The van der Waals surface area contributed by atoms with Gasteiger partial charge in [0, 0.05) is 22.5 Å². The Morgan fingerprint density at radius 1 is 1.50 bits per heavy atom. The van der Waals surface area contributed by atoms with E-state index in [0.717, 1.165) is 22.7 Å². The first-order chi connectivity index (χ1) is 9.69. The number of nitrogens with one attached hydrogen (secondary N) is 1. The summed E-state index contributed by atoms with van der Waals surface area (Å²) in [6.07, 6.45) is 4.14. The first-order valence-electron chi connectivity index (χ1n) is 6.75. The van der Waals surface area contributed by atoms with Gasteiger partial charge in [-0.3, -0.25) is 0 Å². The van der Waals surface area contributed by atoms with Gasteiger partial charge in [0.2, 0.25) is 0 Å². The molecule has 0 radical (unpaired) electrons. The Balaban J connectivity index is 1.86. The second kappa shape index (κ2) is 5.37. The Labute approximate surface area is 122 Å². The molecule has 4 nitrogen and oxygen atoms in total. The number of halogens is 1. The second-order valence-corrected chi connectivity index (χ2v) is 5.39. The zero-order valence-corrected chi connectivity index (χ0v) is 11.9. The standard InChI is InChI=1S/C15H16ClNO3/c1-2-19-15(18)20-14-11-5-3-4-10(11)12-8-9(16)6-7-13(12)17-14/h3-4,6-8,10-11,14,17H,2,5H2,1H3. The van der Waals surface area contributed by atoms with Crippen molar-refractivity contribution in [3.8, 4) is 0 Å². The number of rotatable bonds is 2. The van der Waals surface area contributed by atoms with Gasteiger partial charge in [-0.2, -0.15) is 0 Å². The van der Waals surface area contributed by atoms with E-state index in [2.05, 4.69) is 17.5 Å². The normalized spacial score (nSPS) is 26.4. The van der Waals surface area contributed by atoms with Crippen LogP contribution in [0.15, 0.2) is 30.4 Å². The maximum atomic E-state index is 11.5. The van der Waals surface area contributed by atoms with Crippen molar-refractivity contribution in [2.75, 3.05) is 11.9 Å². The van der Waals surface area contributed by atoms with Gasteiger partial charge in [-0.1, -0.05) is 23.8 Å². The quantitative estimate of drug-likeness (QED) is 0.663. The summed E-state index contributed by atoms with van der Waals surface area (Å²) in [5.74, 6) is 0.412. The molecule has 0 saturated carbocycles. The van der Waals surface area contributed by atoms with Gasteiger partial charge in [0.1, 0.15) is 0 Å². The number of carbonyl (C=O) groups excluding carboxylic acids is 1. The van der Waals surface area contributed by atoms with E-state index in [1.54, 1.807) is 6.92 Å². The molecule has 0 aromatic heterocycles. The van der Waals surface area contributed by atoms with Crippen LogP contribution in [0.1, 0.15) is 24.8 Å². The van der Waals surface area contributed by atoms with E-state index in [-0.39, 0.29) is 18.1 Å². The molecule has 1 aliphatic carbocycles. The van der Waals surface area contributed by atoms with Crippen molar-refractivity contribution in [3.05, 3.63) is 40.9 Å². The fourth-order valence-corrected chi connectivity index (χ4v) is 3.07. The maximum Gasteiger partial charge on any atom is 0.510 e. The number of anilines is 1. The van der Waals surface area contributed by atoms with Crippen LogP contribution in [0.25, 0.3) is 0 Å². The van der Waals surface area contributed by atoms with Gasteiger partial charge in [0.25, 0.3) is 0 Å². The summed E-state index contributed by atoms with van der Waals surface area (Å²) in [5, 5.41) is 3.98. The van der Waals surface area contributed by atoms with Gasteiger partial charge in [0.15, 0.2) is 6.23 Å². The SMILES string of the molecule is CCOC(=O)OC1Nc2ccc(Cl)cc2C2C=CCC12. The first-order valence-corrected chi connectivity index (χ1v) is 7.13. The molecule has 0 amide bonds. The molecule has 106 valence electrons. The molecule has 3 unspecified atom stereocenters. The van der Waals surface area contributed by atoms with Crippen LogP contribution in [-0.2, 0) is 9.47 Å². The van der Waals surface area contributed by atoms with Crippen LogP contribution in [-0.4, -0.2) is 19.0 Å². The van der Waals surface area contributed by atoms with Crippen molar-refractivity contribution >= 4 is 23.4 Å². The zero-order chi connectivity index (χ0) is 14.1. The molecule has 0 saturated heterocycles. The van der Waals surface area contributed by atoms with Crippen LogP contribution >= 0.6 is 11.6 Å². The summed E-state index contributed by atoms with van der Waals surface area (Å²) in [6, 6.07) is 5.72. The van der Waals surface area contributed by atoms with Gasteiger partial charge in [-0.05, 0) is 37.1 Å². The highest BCUT2D eigenvalue weighted by molar-refractivity contribution is 6.30. The van der Waals surface area contributed by atoms with E-state index in [1.807, 2.05) is 18.2 Å². The minimum atomic E-state index is -0.631. The lowest BCUT2D eigenvalue weighted by Gasteiger charge is -2.36. The van der Waals surface area contributed by atoms with E-state index in [9.17, 15) is 4.79 Å². The monoisotopic (exact) mass is 293 g/mol. The van der Waals surface area contributed by atoms with Crippen LogP contribution in [0.4, 0.5) is 10.5 Å². The summed E-state index contributed by atoms with van der Waals surface area (Å²) in [4.78, 5) is 11.5. The van der Waals surface area contributed by atoms with Crippen LogP contribution in [0.2, 0.25) is 5.02 Å².